The number of aromatic nitrogens is 1. The highest BCUT2D eigenvalue weighted by Crippen LogP contribution is 2.43. The van der Waals surface area contributed by atoms with Crippen molar-refractivity contribution in [1.29, 1.82) is 0 Å². The molecule has 0 spiro atoms. The van der Waals surface area contributed by atoms with Crippen LogP contribution in [0.1, 0.15) is 25.5 Å². The molecule has 3 aromatic rings. The number of nitrogens with zero attached hydrogens (tertiary/aromatic N) is 5. The number of aromatic hydroxyl groups is 1. The van der Waals surface area contributed by atoms with E-state index in [-0.39, 0.29) is 33.3 Å². The van der Waals surface area contributed by atoms with Crippen LogP contribution in [0, 0.1) is 5.92 Å². The molecule has 1 aromatic heterocycles. The Bertz CT molecular complexity index is 1420. The van der Waals surface area contributed by atoms with Crippen LogP contribution >= 0.6 is 0 Å². The molecule has 0 saturated heterocycles. The van der Waals surface area contributed by atoms with E-state index in [2.05, 4.69) is 15.2 Å². The third kappa shape index (κ3) is 2.87. The Morgan fingerprint density at radius 3 is 2.50 bits per heavy atom. The molecule has 1 N–H and O–H groups in total. The number of amides is 1. The zero-order chi connectivity index (χ0) is 22.6. The van der Waals surface area contributed by atoms with Gasteiger partial charge in [-0.3, -0.25) is 9.78 Å². The lowest BCUT2D eigenvalue weighted by Crippen LogP contribution is -2.33. The first kappa shape index (κ1) is 20.1. The Labute approximate surface area is 184 Å². The fraction of sp³-hybridized carbons (Fsp3) is 0.182. The Balaban J connectivity index is 1.65. The summed E-state index contributed by atoms with van der Waals surface area (Å²) < 4.78 is 28.3. The van der Waals surface area contributed by atoms with Gasteiger partial charge in [0, 0.05) is 24.2 Å². The van der Waals surface area contributed by atoms with Crippen molar-refractivity contribution in [3.8, 4) is 5.75 Å². The molecule has 2 aromatic carbocycles. The van der Waals surface area contributed by atoms with Gasteiger partial charge in [0.15, 0.2) is 5.84 Å². The molecule has 0 fully saturated rings. The molecule has 2 aliphatic rings. The zero-order valence-electron chi connectivity index (χ0n) is 17.2. The molecule has 2 aliphatic heterocycles. The summed E-state index contributed by atoms with van der Waals surface area (Å²) in [6.45, 7) is 3.12. The van der Waals surface area contributed by atoms with E-state index >= 15 is 0 Å². The lowest BCUT2D eigenvalue weighted by molar-refractivity contribution is -0.130. The molecule has 5 rings (SSSR count). The number of rotatable bonds is 3. The number of hydrogen-bond donors (Lipinski definition) is 1. The molecule has 32 heavy (non-hydrogen) atoms. The third-order valence-electron chi connectivity index (χ3n) is 5.64. The summed E-state index contributed by atoms with van der Waals surface area (Å²) in [5, 5.41) is 20.4. The average molecular weight is 449 g/mol. The molecule has 9 nitrogen and oxygen atoms in total. The van der Waals surface area contributed by atoms with Crippen LogP contribution in [0.5, 0.6) is 5.75 Å². The minimum atomic E-state index is -4.20. The van der Waals surface area contributed by atoms with Gasteiger partial charge in [-0.05, 0) is 36.8 Å². The molecule has 162 valence electrons. The molecule has 2 unspecified atom stereocenters. The normalized spacial score (nSPS) is 20.3. The number of amidine groups is 1. The van der Waals surface area contributed by atoms with Gasteiger partial charge in [-0.15, -0.1) is 4.41 Å². The Morgan fingerprint density at radius 1 is 1.03 bits per heavy atom. The van der Waals surface area contributed by atoms with Gasteiger partial charge in [-0.25, -0.2) is 5.01 Å². The van der Waals surface area contributed by atoms with Gasteiger partial charge in [-0.1, -0.05) is 30.3 Å². The average Bonchev–Trinajstić information content (AvgIpc) is 3.33. The minimum Gasteiger partial charge on any atom is -0.506 e. The molecule has 0 bridgehead atoms. The highest BCUT2D eigenvalue weighted by atomic mass is 32.2. The summed E-state index contributed by atoms with van der Waals surface area (Å²) in [7, 11) is -4.20. The van der Waals surface area contributed by atoms with Crippen LogP contribution in [-0.2, 0) is 14.8 Å². The lowest BCUT2D eigenvalue weighted by atomic mass is 9.90. The second-order valence-corrected chi connectivity index (χ2v) is 9.36. The van der Waals surface area contributed by atoms with Crippen molar-refractivity contribution < 1.29 is 18.3 Å². The fourth-order valence-corrected chi connectivity index (χ4v) is 5.72. The molecular formula is C22H19N5O4S. The zero-order valence-corrected chi connectivity index (χ0v) is 18.1. The van der Waals surface area contributed by atoms with Gasteiger partial charge < -0.3 is 5.11 Å². The summed E-state index contributed by atoms with van der Waals surface area (Å²) >= 11 is 0. The summed E-state index contributed by atoms with van der Waals surface area (Å²) in [6, 6.07) is 14.6. The van der Waals surface area contributed by atoms with Crippen LogP contribution in [-0.4, -0.2) is 45.4 Å². The number of pyridine rings is 1. The van der Waals surface area contributed by atoms with E-state index in [0.717, 1.165) is 9.98 Å². The quantitative estimate of drug-likeness (QED) is 0.660. The van der Waals surface area contributed by atoms with Gasteiger partial charge in [0.05, 0.1) is 16.9 Å². The second kappa shape index (κ2) is 7.13. The predicted octanol–water partition coefficient (Wildman–Crippen LogP) is 2.85. The van der Waals surface area contributed by atoms with Crippen molar-refractivity contribution in [2.75, 3.05) is 0 Å². The molecular weight excluding hydrogens is 430 g/mol. The number of phenols is 1. The van der Waals surface area contributed by atoms with Crippen molar-refractivity contribution in [3.63, 3.8) is 0 Å². The van der Waals surface area contributed by atoms with Crippen LogP contribution in [0.15, 0.2) is 75.9 Å². The van der Waals surface area contributed by atoms with Crippen LogP contribution in [0.3, 0.4) is 0 Å². The maximum atomic E-state index is 13.7. The van der Waals surface area contributed by atoms with Crippen molar-refractivity contribution >= 4 is 38.4 Å². The first-order chi connectivity index (χ1) is 15.3. The number of hydrazone groups is 2. The number of fused-ring (bicyclic) bond motifs is 2. The highest BCUT2D eigenvalue weighted by Gasteiger charge is 2.51. The molecule has 10 heteroatoms. The molecule has 1 amide bonds. The van der Waals surface area contributed by atoms with Gasteiger partial charge >= 0.3 is 0 Å². The van der Waals surface area contributed by atoms with Crippen molar-refractivity contribution in [1.82, 2.24) is 14.4 Å². The first-order valence-corrected chi connectivity index (χ1v) is 11.3. The number of sulfonamides is 1. The summed E-state index contributed by atoms with van der Waals surface area (Å²) in [4.78, 5) is 16.4. The van der Waals surface area contributed by atoms with E-state index in [4.69, 9.17) is 0 Å². The number of phenolic OH excluding ortho intramolecular Hbond substituents is 1. The molecule has 0 saturated carbocycles. The SMILES string of the molecule is CC(=O)N1N=C2C(C(C)=NN2S(=O)(=O)c2ccc(O)c3ncccc23)C1c1ccccc1. The summed E-state index contributed by atoms with van der Waals surface area (Å²) in [5.41, 5.74) is 1.54. The van der Waals surface area contributed by atoms with E-state index in [1.165, 1.54) is 30.3 Å². The second-order valence-electron chi connectivity index (χ2n) is 7.63. The van der Waals surface area contributed by atoms with Crippen molar-refractivity contribution in [2.45, 2.75) is 24.8 Å². The van der Waals surface area contributed by atoms with E-state index in [0.29, 0.717) is 5.71 Å². The van der Waals surface area contributed by atoms with E-state index < -0.39 is 22.0 Å². The Morgan fingerprint density at radius 2 is 1.78 bits per heavy atom. The standard InChI is InChI=1S/C22H19N5O4S/c1-13-19-21(15-7-4-3-5-8-15)26(14(2)28)25-22(19)27(24-13)32(30,31)18-11-10-17(29)20-16(18)9-6-12-23-20/h3-12,19,21,29H,1-2H3. The van der Waals surface area contributed by atoms with Crippen LogP contribution in [0.2, 0.25) is 0 Å². The van der Waals surface area contributed by atoms with E-state index in [9.17, 15) is 18.3 Å². The van der Waals surface area contributed by atoms with E-state index in [1.807, 2.05) is 30.3 Å². The number of hydrogen-bond acceptors (Lipinski definition) is 7. The Hall–Kier alpha value is -3.79. The summed E-state index contributed by atoms with van der Waals surface area (Å²) in [5.74, 6) is -0.761. The highest BCUT2D eigenvalue weighted by molar-refractivity contribution is 7.90. The van der Waals surface area contributed by atoms with E-state index in [1.54, 1.807) is 19.1 Å². The van der Waals surface area contributed by atoms with Crippen molar-refractivity contribution in [2.24, 2.45) is 16.1 Å². The first-order valence-electron chi connectivity index (χ1n) is 9.91. The molecule has 0 aliphatic carbocycles. The maximum Gasteiger partial charge on any atom is 0.285 e. The van der Waals surface area contributed by atoms with Gasteiger partial charge in [-0.2, -0.15) is 18.6 Å². The van der Waals surface area contributed by atoms with Crippen molar-refractivity contribution in [3.05, 3.63) is 66.4 Å². The fourth-order valence-electron chi connectivity index (χ4n) is 4.22. The lowest BCUT2D eigenvalue weighted by Gasteiger charge is -2.24. The Kier molecular flexibility index (Phi) is 4.48. The molecule has 3 heterocycles. The van der Waals surface area contributed by atoms with Crippen LogP contribution in [0.25, 0.3) is 10.9 Å². The maximum absolute atomic E-state index is 13.7. The predicted molar refractivity (Wildman–Crippen MR) is 118 cm³/mol. The monoisotopic (exact) mass is 449 g/mol. The smallest absolute Gasteiger partial charge is 0.285 e. The minimum absolute atomic E-state index is 0.0594. The van der Waals surface area contributed by atoms with Crippen LogP contribution in [0.4, 0.5) is 0 Å². The summed E-state index contributed by atoms with van der Waals surface area (Å²) in [6.07, 6.45) is 1.48. The largest absolute Gasteiger partial charge is 0.506 e. The number of benzene rings is 2. The third-order valence-corrected chi connectivity index (χ3v) is 7.28. The molecule has 2 atom stereocenters. The number of carbonyl (C=O) groups is 1. The molecule has 0 radical (unpaired) electrons. The topological polar surface area (TPSA) is 116 Å². The van der Waals surface area contributed by atoms with Gasteiger partial charge in [0.2, 0.25) is 5.91 Å². The van der Waals surface area contributed by atoms with Crippen LogP contribution < -0.4 is 0 Å². The van der Waals surface area contributed by atoms with Gasteiger partial charge in [0.1, 0.15) is 11.3 Å². The number of carbonyl (C=O) groups excluding carboxylic acids is 1. The van der Waals surface area contributed by atoms with Gasteiger partial charge in [0.25, 0.3) is 10.0 Å².